The highest BCUT2D eigenvalue weighted by Gasteiger charge is 2.35. The fraction of sp³-hybridized carbons (Fsp3) is 0. The van der Waals surface area contributed by atoms with Gasteiger partial charge in [0.05, 0.1) is 9.79 Å². The number of ketones is 1. The first-order valence-electron chi connectivity index (χ1n) is 17.5. The lowest BCUT2D eigenvalue weighted by Crippen LogP contribution is -2.20. The first-order valence-corrected chi connectivity index (χ1v) is 19.0. The molecule has 252 valence electrons. The Hall–Kier alpha value is -6.62. The van der Waals surface area contributed by atoms with Crippen molar-refractivity contribution >= 4 is 15.6 Å². The van der Waals surface area contributed by atoms with Crippen LogP contribution in [0, 0.1) is 0 Å². The van der Waals surface area contributed by atoms with Crippen LogP contribution in [0.15, 0.2) is 204 Å². The molecule has 53 heavy (non-hydrogen) atoms. The third-order valence-corrected chi connectivity index (χ3v) is 11.9. The van der Waals surface area contributed by atoms with E-state index < -0.39 is 9.84 Å². The van der Waals surface area contributed by atoms with Gasteiger partial charge in [0, 0.05) is 11.1 Å². The van der Waals surface area contributed by atoms with Crippen LogP contribution in [0.1, 0.15) is 15.9 Å². The monoisotopic (exact) mass is 700 g/mol. The number of benzene rings is 8. The Morgan fingerprint density at radius 1 is 0.264 bits per heavy atom. The van der Waals surface area contributed by atoms with Crippen LogP contribution in [0.25, 0.3) is 66.8 Å². The van der Waals surface area contributed by atoms with Gasteiger partial charge in [-0.05, 0) is 127 Å². The molecular formula is C49H32O3S. The second-order valence-electron chi connectivity index (χ2n) is 13.3. The molecular weight excluding hydrogens is 669 g/mol. The van der Waals surface area contributed by atoms with E-state index in [1.54, 1.807) is 24.3 Å². The van der Waals surface area contributed by atoms with Crippen molar-refractivity contribution in [3.8, 4) is 66.8 Å². The van der Waals surface area contributed by atoms with Gasteiger partial charge >= 0.3 is 0 Å². The average molecular weight is 701 g/mol. The van der Waals surface area contributed by atoms with Crippen molar-refractivity contribution in [3.05, 3.63) is 205 Å². The molecule has 0 atom stereocenters. The van der Waals surface area contributed by atoms with Gasteiger partial charge < -0.3 is 0 Å². The van der Waals surface area contributed by atoms with Crippen LogP contribution in [-0.4, -0.2) is 14.2 Å². The van der Waals surface area contributed by atoms with E-state index in [2.05, 4.69) is 84.9 Å². The zero-order valence-corrected chi connectivity index (χ0v) is 29.4. The Bertz CT molecular complexity index is 2470. The van der Waals surface area contributed by atoms with Gasteiger partial charge in [-0.25, -0.2) is 8.42 Å². The third kappa shape index (κ3) is 5.99. The predicted molar refractivity (Wildman–Crippen MR) is 214 cm³/mol. The number of fused-ring (bicyclic) bond motifs is 2. The summed E-state index contributed by atoms with van der Waals surface area (Å²) in [6, 6.07) is 63.6. The fourth-order valence-corrected chi connectivity index (χ4v) is 8.90. The molecule has 0 aromatic heterocycles. The zero-order chi connectivity index (χ0) is 35.9. The molecule has 0 unspecified atom stereocenters. The molecule has 0 saturated heterocycles. The fourth-order valence-electron chi connectivity index (χ4n) is 7.28. The van der Waals surface area contributed by atoms with Gasteiger partial charge in [-0.2, -0.15) is 0 Å². The minimum atomic E-state index is -3.96. The van der Waals surface area contributed by atoms with Crippen molar-refractivity contribution < 1.29 is 13.2 Å². The Morgan fingerprint density at radius 2 is 0.528 bits per heavy atom. The van der Waals surface area contributed by atoms with Crippen molar-refractivity contribution in [1.29, 1.82) is 0 Å². The van der Waals surface area contributed by atoms with Gasteiger partial charge in [0.25, 0.3) is 0 Å². The maximum Gasteiger partial charge on any atom is 0.208 e. The molecule has 4 heteroatoms. The van der Waals surface area contributed by atoms with Crippen molar-refractivity contribution in [2.75, 3.05) is 0 Å². The van der Waals surface area contributed by atoms with E-state index in [9.17, 15) is 13.2 Å². The SMILES string of the molecule is O=C1c2cc(-c3cc(-c4ccccc4)cc(-c4ccccc4)c3)ccc2S(=O)(=O)c2ccc(-c3cc(-c4ccccc4)cc(-c4ccccc4)c3)cc21. The lowest BCUT2D eigenvalue weighted by molar-refractivity contribution is 0.103. The van der Waals surface area contributed by atoms with E-state index >= 15 is 0 Å². The molecule has 0 radical (unpaired) electrons. The second kappa shape index (κ2) is 13.2. The summed E-state index contributed by atoms with van der Waals surface area (Å²) in [6.45, 7) is 0. The quantitative estimate of drug-likeness (QED) is 0.173. The average Bonchev–Trinajstić information content (AvgIpc) is 3.23. The van der Waals surface area contributed by atoms with Gasteiger partial charge in [-0.15, -0.1) is 0 Å². The molecule has 0 bridgehead atoms. The lowest BCUT2D eigenvalue weighted by atomic mass is 9.90. The van der Waals surface area contributed by atoms with Gasteiger partial charge in [0.15, 0.2) is 5.78 Å². The molecule has 1 aliphatic rings. The van der Waals surface area contributed by atoms with E-state index in [1.165, 1.54) is 0 Å². The van der Waals surface area contributed by atoms with E-state index in [0.29, 0.717) is 0 Å². The summed E-state index contributed by atoms with van der Waals surface area (Å²) in [4.78, 5) is 14.5. The van der Waals surface area contributed by atoms with Crippen LogP contribution in [0.5, 0.6) is 0 Å². The summed E-state index contributed by atoms with van der Waals surface area (Å²) < 4.78 is 28.3. The molecule has 0 spiro atoms. The largest absolute Gasteiger partial charge is 0.289 e. The summed E-state index contributed by atoms with van der Waals surface area (Å²) in [5.41, 5.74) is 12.1. The van der Waals surface area contributed by atoms with Crippen LogP contribution in [-0.2, 0) is 9.84 Å². The van der Waals surface area contributed by atoms with E-state index in [-0.39, 0.29) is 26.7 Å². The summed E-state index contributed by atoms with van der Waals surface area (Å²) in [6.07, 6.45) is 0. The number of carbonyl (C=O) groups excluding carboxylic acids is 1. The minimum absolute atomic E-state index is 0.0337. The molecule has 0 amide bonds. The van der Waals surface area contributed by atoms with Crippen LogP contribution in [0.3, 0.4) is 0 Å². The third-order valence-electron chi connectivity index (χ3n) is 9.99. The van der Waals surface area contributed by atoms with E-state index in [4.69, 9.17) is 0 Å². The van der Waals surface area contributed by atoms with Crippen molar-refractivity contribution in [2.24, 2.45) is 0 Å². The summed E-state index contributed by atoms with van der Waals surface area (Å²) in [5.74, 6) is -0.307. The topological polar surface area (TPSA) is 51.2 Å². The maximum atomic E-state index is 14.5. The van der Waals surface area contributed by atoms with Crippen molar-refractivity contribution in [2.45, 2.75) is 9.79 Å². The Kier molecular flexibility index (Phi) is 8.03. The molecule has 0 N–H and O–H groups in total. The molecule has 8 aromatic carbocycles. The van der Waals surface area contributed by atoms with Gasteiger partial charge in [0.2, 0.25) is 9.84 Å². The summed E-state index contributed by atoms with van der Waals surface area (Å²) >= 11 is 0. The van der Waals surface area contributed by atoms with Gasteiger partial charge in [-0.1, -0.05) is 133 Å². The molecule has 8 aromatic rings. The van der Waals surface area contributed by atoms with Gasteiger partial charge in [0.1, 0.15) is 0 Å². The first kappa shape index (κ1) is 32.3. The minimum Gasteiger partial charge on any atom is -0.289 e. The van der Waals surface area contributed by atoms with E-state index in [1.807, 2.05) is 84.9 Å². The number of hydrogen-bond acceptors (Lipinski definition) is 3. The van der Waals surface area contributed by atoms with Crippen LogP contribution >= 0.6 is 0 Å². The molecule has 0 fully saturated rings. The molecule has 0 aliphatic carbocycles. The standard InChI is InChI=1S/C49H32O3S/c50-49-45-31-37(43-27-39(33-13-5-1-6-14-33)25-40(28-43)34-15-7-2-8-16-34)21-23-47(45)53(51,52)48-24-22-38(32-46(48)49)44-29-41(35-17-9-3-10-18-35)26-42(30-44)36-19-11-4-12-20-36/h1-32H. The molecule has 1 heterocycles. The lowest BCUT2D eigenvalue weighted by Gasteiger charge is -2.21. The second-order valence-corrected chi connectivity index (χ2v) is 15.2. The normalized spacial score (nSPS) is 12.9. The maximum absolute atomic E-state index is 14.5. The number of sulfone groups is 1. The molecule has 1 aliphatic heterocycles. The number of hydrogen-bond donors (Lipinski definition) is 0. The summed E-state index contributed by atoms with van der Waals surface area (Å²) in [7, 11) is -3.96. The Labute approximate surface area is 309 Å². The zero-order valence-electron chi connectivity index (χ0n) is 28.6. The van der Waals surface area contributed by atoms with Crippen LogP contribution in [0.4, 0.5) is 0 Å². The van der Waals surface area contributed by atoms with Crippen molar-refractivity contribution in [1.82, 2.24) is 0 Å². The summed E-state index contributed by atoms with van der Waals surface area (Å²) in [5, 5.41) is 0. The number of rotatable bonds is 6. The van der Waals surface area contributed by atoms with E-state index in [0.717, 1.165) is 66.8 Å². The Morgan fingerprint density at radius 3 is 0.811 bits per heavy atom. The van der Waals surface area contributed by atoms with Crippen LogP contribution < -0.4 is 0 Å². The molecule has 9 rings (SSSR count). The highest BCUT2D eigenvalue weighted by atomic mass is 32.2. The van der Waals surface area contributed by atoms with Crippen molar-refractivity contribution in [3.63, 3.8) is 0 Å². The first-order chi connectivity index (χ1) is 25.9. The molecule has 3 nitrogen and oxygen atoms in total. The Balaban J connectivity index is 1.16. The molecule has 0 saturated carbocycles. The van der Waals surface area contributed by atoms with Gasteiger partial charge in [-0.3, -0.25) is 4.79 Å². The smallest absolute Gasteiger partial charge is 0.208 e. The highest BCUT2D eigenvalue weighted by Crippen LogP contribution is 2.41. The number of carbonyl (C=O) groups is 1. The van der Waals surface area contributed by atoms with Crippen LogP contribution in [0.2, 0.25) is 0 Å². The predicted octanol–water partition coefficient (Wildman–Crippen LogP) is 12.1. The highest BCUT2D eigenvalue weighted by molar-refractivity contribution is 7.91.